The first kappa shape index (κ1) is 46.6. The minimum absolute atomic E-state index is 0.0769. The highest BCUT2D eigenvalue weighted by Crippen LogP contribution is 2.60. The molecule has 19 heteroatoms. The van der Waals surface area contributed by atoms with Gasteiger partial charge in [0.1, 0.15) is 11.6 Å². The Kier molecular flexibility index (Phi) is 11.3. The molecule has 0 N–H and O–H groups in total. The van der Waals surface area contributed by atoms with Crippen LogP contribution >= 0.6 is 0 Å². The number of alkyl halides is 6. The predicted octanol–water partition coefficient (Wildman–Crippen LogP) is 10.3. The standard InChI is InChI=1S/C53H46F8N8O3/c54-39-5-1-3-37(52(56,57)58)43(39)33-25-62-48(63-26-33)68-29-50(11-12-50)35-9-7-31(23-41(35)68)45(66-15-19-71-20-16-66)47(70)46(67-17-21-72-22-18-67)32-8-10-36-42(24-32)69(30-51(36)13-14-51)49-64-27-34(28-65-49)44-38(53(59,60)61)4-2-6-40(44)55/h1-10,23-28,45-46H,11-22,29-30H2. The fraction of sp³-hybridized carbons (Fsp3) is 0.377. The van der Waals surface area contributed by atoms with Gasteiger partial charge in [0.25, 0.3) is 0 Å². The molecule has 0 amide bonds. The zero-order valence-electron chi connectivity index (χ0n) is 38.6. The highest BCUT2D eigenvalue weighted by Gasteiger charge is 2.54. The van der Waals surface area contributed by atoms with Crippen LogP contribution in [0.2, 0.25) is 0 Å². The van der Waals surface area contributed by atoms with E-state index in [1.165, 1.54) is 24.8 Å². The van der Waals surface area contributed by atoms with E-state index in [2.05, 4.69) is 41.9 Å². The monoisotopic (exact) mass is 994 g/mol. The van der Waals surface area contributed by atoms with E-state index in [0.717, 1.165) is 95.7 Å². The summed E-state index contributed by atoms with van der Waals surface area (Å²) in [6.07, 6.45) is -1.14. The first-order valence-corrected chi connectivity index (χ1v) is 24.0. The lowest BCUT2D eigenvalue weighted by molar-refractivity contribution is -0.138. The summed E-state index contributed by atoms with van der Waals surface area (Å²) >= 11 is 0. The van der Waals surface area contributed by atoms with Crippen LogP contribution in [-0.2, 0) is 37.5 Å². The predicted molar refractivity (Wildman–Crippen MR) is 249 cm³/mol. The van der Waals surface area contributed by atoms with Crippen molar-refractivity contribution in [1.82, 2.24) is 29.7 Å². The number of Topliss-reactive ketones (excluding diaryl/α,β-unsaturated/α-hetero) is 1. The van der Waals surface area contributed by atoms with Gasteiger partial charge in [0.15, 0.2) is 5.78 Å². The van der Waals surface area contributed by atoms with E-state index in [0.29, 0.717) is 65.7 Å². The first-order valence-electron chi connectivity index (χ1n) is 24.0. The third kappa shape index (κ3) is 8.08. The Bertz CT molecular complexity index is 2870. The molecule has 11 nitrogen and oxygen atoms in total. The summed E-state index contributed by atoms with van der Waals surface area (Å²) in [6.45, 7) is 4.57. The number of hydrogen-bond donors (Lipinski definition) is 0. The number of anilines is 4. The van der Waals surface area contributed by atoms with Crippen LogP contribution in [0.1, 0.15) is 71.1 Å². The molecular formula is C53H46F8N8O3. The van der Waals surface area contributed by atoms with Gasteiger partial charge in [0.2, 0.25) is 11.9 Å². The average Bonchev–Trinajstić information content (AvgIpc) is 4.29. The number of benzene rings is 4. The molecule has 0 radical (unpaired) electrons. The molecular weight excluding hydrogens is 949 g/mol. The Morgan fingerprint density at radius 3 is 1.26 bits per heavy atom. The summed E-state index contributed by atoms with van der Waals surface area (Å²) < 4.78 is 126. The molecule has 6 heterocycles. The van der Waals surface area contributed by atoms with E-state index in [-0.39, 0.29) is 39.6 Å². The molecule has 2 atom stereocenters. The average molecular weight is 995 g/mol. The third-order valence-electron chi connectivity index (χ3n) is 15.4. The normalized spacial score (nSPS) is 20.2. The fourth-order valence-corrected chi connectivity index (χ4v) is 11.5. The Labute approximate surface area is 408 Å². The van der Waals surface area contributed by atoms with Gasteiger partial charge in [-0.05, 0) is 84.3 Å². The molecule has 2 spiro atoms. The van der Waals surface area contributed by atoms with Gasteiger partial charge in [-0.15, -0.1) is 0 Å². The number of halogens is 8. The minimum atomic E-state index is -4.80. The summed E-state index contributed by atoms with van der Waals surface area (Å²) in [4.78, 5) is 42.2. The Balaban J connectivity index is 0.908. The lowest BCUT2D eigenvalue weighted by Gasteiger charge is -2.40. The van der Waals surface area contributed by atoms with Crippen molar-refractivity contribution < 1.29 is 49.4 Å². The van der Waals surface area contributed by atoms with Gasteiger partial charge in [-0.3, -0.25) is 14.6 Å². The van der Waals surface area contributed by atoms with Crippen LogP contribution in [0.3, 0.4) is 0 Å². The molecule has 72 heavy (non-hydrogen) atoms. The van der Waals surface area contributed by atoms with Crippen LogP contribution in [0.15, 0.2) is 97.6 Å². The number of ketones is 1. The van der Waals surface area contributed by atoms with Crippen LogP contribution in [0.5, 0.6) is 0 Å². The van der Waals surface area contributed by atoms with Crippen molar-refractivity contribution >= 4 is 29.1 Å². The number of carbonyl (C=O) groups is 1. The number of morpholine rings is 2. The number of carbonyl (C=O) groups excluding carboxylic acids is 1. The molecule has 2 aromatic heterocycles. The smallest absolute Gasteiger partial charge is 0.379 e. The Hall–Kier alpha value is -6.41. The van der Waals surface area contributed by atoms with Gasteiger partial charge in [0, 0.05) is 109 Å². The molecule has 6 aliphatic rings. The molecule has 372 valence electrons. The van der Waals surface area contributed by atoms with Gasteiger partial charge in [-0.25, -0.2) is 28.7 Å². The van der Waals surface area contributed by atoms with Crippen LogP contribution in [-0.4, -0.2) is 101 Å². The molecule has 2 aliphatic carbocycles. The first-order chi connectivity index (χ1) is 34.6. The number of aromatic nitrogens is 4. The summed E-state index contributed by atoms with van der Waals surface area (Å²) in [7, 11) is 0. The van der Waals surface area contributed by atoms with Gasteiger partial charge in [-0.2, -0.15) is 26.3 Å². The van der Waals surface area contributed by atoms with Crippen LogP contribution in [0.4, 0.5) is 58.4 Å². The van der Waals surface area contributed by atoms with Crippen molar-refractivity contribution in [2.45, 2.75) is 60.9 Å². The number of ether oxygens (including phenoxy) is 2. The lowest BCUT2D eigenvalue weighted by Crippen LogP contribution is -2.48. The fourth-order valence-electron chi connectivity index (χ4n) is 11.5. The summed E-state index contributed by atoms with van der Waals surface area (Å²) in [5.74, 6) is -1.68. The molecule has 2 unspecified atom stereocenters. The Morgan fingerprint density at radius 1 is 0.542 bits per heavy atom. The van der Waals surface area contributed by atoms with Crippen molar-refractivity contribution in [3.8, 4) is 22.3 Å². The number of hydrogen-bond acceptors (Lipinski definition) is 11. The minimum Gasteiger partial charge on any atom is -0.379 e. The Morgan fingerprint density at radius 2 is 0.917 bits per heavy atom. The maximum Gasteiger partial charge on any atom is 0.417 e. The second-order valence-corrected chi connectivity index (χ2v) is 19.7. The maximum atomic E-state index is 16.0. The van der Waals surface area contributed by atoms with Crippen LogP contribution in [0.25, 0.3) is 22.3 Å². The van der Waals surface area contributed by atoms with E-state index >= 15 is 13.6 Å². The zero-order chi connectivity index (χ0) is 49.7. The molecule has 4 fully saturated rings. The second-order valence-electron chi connectivity index (χ2n) is 19.7. The highest BCUT2D eigenvalue weighted by atomic mass is 19.4. The lowest BCUT2D eigenvalue weighted by atomic mass is 9.87. The van der Waals surface area contributed by atoms with Gasteiger partial charge >= 0.3 is 12.4 Å². The number of fused-ring (bicyclic) bond motifs is 4. The van der Waals surface area contributed by atoms with Crippen molar-refractivity contribution in [3.05, 3.63) is 143 Å². The van der Waals surface area contributed by atoms with Gasteiger partial charge in [-0.1, -0.05) is 36.4 Å². The van der Waals surface area contributed by atoms with Crippen molar-refractivity contribution in [2.24, 2.45) is 0 Å². The molecule has 6 aromatic rings. The highest BCUT2D eigenvalue weighted by molar-refractivity contribution is 5.92. The topological polar surface area (TPSA) is 100 Å². The molecule has 4 aromatic carbocycles. The number of nitrogens with zero attached hydrogens (tertiary/aromatic N) is 8. The number of rotatable bonds is 10. The van der Waals surface area contributed by atoms with E-state index in [1.807, 2.05) is 34.1 Å². The zero-order valence-corrected chi connectivity index (χ0v) is 38.6. The summed E-state index contributed by atoms with van der Waals surface area (Å²) in [5.41, 5.74) is 1.04. The van der Waals surface area contributed by atoms with E-state index < -0.39 is 58.3 Å². The van der Waals surface area contributed by atoms with E-state index in [4.69, 9.17) is 9.47 Å². The maximum absolute atomic E-state index is 16.0. The molecule has 0 bridgehead atoms. The molecule has 2 saturated carbocycles. The SMILES string of the molecule is O=C(C(c1ccc2c(c1)N(c1ncc(-c3c(F)cccc3C(F)(F)F)cn1)CC21CC1)N1CCOCC1)C(c1ccc2c(c1)N(c1ncc(-c3c(F)cccc3C(F)(F)F)cn1)CC21CC1)N1CCOCC1. The van der Waals surface area contributed by atoms with Crippen molar-refractivity contribution in [2.75, 3.05) is 75.5 Å². The van der Waals surface area contributed by atoms with Crippen LogP contribution in [0, 0.1) is 11.6 Å². The quantitative estimate of drug-likeness (QED) is 0.123. The van der Waals surface area contributed by atoms with Gasteiger partial charge < -0.3 is 19.3 Å². The van der Waals surface area contributed by atoms with Crippen molar-refractivity contribution in [1.29, 1.82) is 0 Å². The second kappa shape index (κ2) is 17.4. The molecule has 12 rings (SSSR count). The molecule has 4 aliphatic heterocycles. The van der Waals surface area contributed by atoms with E-state index in [9.17, 15) is 26.3 Å². The third-order valence-corrected chi connectivity index (χ3v) is 15.4. The summed E-state index contributed by atoms with van der Waals surface area (Å²) in [6, 6.07) is 16.3. The van der Waals surface area contributed by atoms with E-state index in [1.54, 1.807) is 0 Å². The molecule has 2 saturated heterocycles. The van der Waals surface area contributed by atoms with Gasteiger partial charge in [0.05, 0.1) is 49.6 Å². The van der Waals surface area contributed by atoms with Crippen LogP contribution < -0.4 is 9.80 Å². The van der Waals surface area contributed by atoms with Crippen molar-refractivity contribution in [3.63, 3.8) is 0 Å². The summed E-state index contributed by atoms with van der Waals surface area (Å²) in [5, 5.41) is 0. The largest absolute Gasteiger partial charge is 0.417 e.